The number of halogens is 1. The fourth-order valence-corrected chi connectivity index (χ4v) is 4.79. The van der Waals surface area contributed by atoms with Crippen molar-refractivity contribution in [1.29, 1.82) is 0 Å². The molecular formula is C23H22ClN3O4S. The number of fused-ring (bicyclic) bond motifs is 1. The number of furan rings is 1. The van der Waals surface area contributed by atoms with Crippen LogP contribution in [0.1, 0.15) is 45.8 Å². The van der Waals surface area contributed by atoms with E-state index in [-0.39, 0.29) is 16.6 Å². The maximum Gasteiger partial charge on any atom is 0.291 e. The molecule has 2 N–H and O–H groups in total. The highest BCUT2D eigenvalue weighted by atomic mass is 35.5. The van der Waals surface area contributed by atoms with Crippen LogP contribution in [0.5, 0.6) is 0 Å². The Morgan fingerprint density at radius 2 is 1.84 bits per heavy atom. The number of nitrogens with one attached hydrogen (secondary N) is 2. The summed E-state index contributed by atoms with van der Waals surface area (Å²) >= 11 is 5.99. The minimum absolute atomic E-state index is 0.127. The summed E-state index contributed by atoms with van der Waals surface area (Å²) in [6.07, 6.45) is 1.96. The predicted molar refractivity (Wildman–Crippen MR) is 124 cm³/mol. The Bertz CT molecular complexity index is 1310. The maximum absolute atomic E-state index is 12.9. The number of carbonyl (C=O) groups excluding carboxylic acids is 1. The Morgan fingerprint density at radius 1 is 1.09 bits per heavy atom. The van der Waals surface area contributed by atoms with E-state index in [2.05, 4.69) is 15.2 Å². The molecule has 0 radical (unpaired) electrons. The molecule has 1 aliphatic rings. The van der Waals surface area contributed by atoms with Gasteiger partial charge in [-0.25, -0.2) is 0 Å². The molecule has 0 aliphatic heterocycles. The molecule has 0 atom stereocenters. The van der Waals surface area contributed by atoms with Crippen LogP contribution in [0.15, 0.2) is 62.9 Å². The van der Waals surface area contributed by atoms with Gasteiger partial charge >= 0.3 is 0 Å². The van der Waals surface area contributed by atoms with Crippen molar-refractivity contribution in [2.24, 2.45) is 5.10 Å². The molecule has 7 nitrogen and oxygen atoms in total. The lowest BCUT2D eigenvalue weighted by molar-refractivity contribution is 0.0994. The molecule has 1 aromatic heterocycles. The van der Waals surface area contributed by atoms with E-state index in [9.17, 15) is 13.2 Å². The van der Waals surface area contributed by atoms with Crippen molar-refractivity contribution in [3.63, 3.8) is 0 Å². The summed E-state index contributed by atoms with van der Waals surface area (Å²) in [5, 5.41) is 7.63. The van der Waals surface area contributed by atoms with Crippen LogP contribution >= 0.6 is 11.6 Å². The lowest BCUT2D eigenvalue weighted by atomic mass is 9.93. The molecule has 1 aliphatic carbocycles. The summed E-state index contributed by atoms with van der Waals surface area (Å²) < 4.78 is 30.9. The maximum atomic E-state index is 12.9. The molecule has 3 aromatic rings. The summed E-state index contributed by atoms with van der Waals surface area (Å²) in [6.45, 7) is 3.63. The van der Waals surface area contributed by atoms with Crippen molar-refractivity contribution >= 4 is 38.9 Å². The SMILES string of the molecule is Cc1cc(Cl)ccc1NC(=O)c1oc2c(c1C)/C(=N/NS(=O)(=O)c1ccccc1)CCC2. The predicted octanol–water partition coefficient (Wildman–Crippen LogP) is 4.82. The van der Waals surface area contributed by atoms with Gasteiger partial charge in [0.1, 0.15) is 5.76 Å². The normalized spacial score (nSPS) is 14.8. The number of hydrogen-bond donors (Lipinski definition) is 2. The first-order chi connectivity index (χ1) is 15.3. The van der Waals surface area contributed by atoms with Gasteiger partial charge in [-0.15, -0.1) is 0 Å². The lowest BCUT2D eigenvalue weighted by Gasteiger charge is -2.14. The Morgan fingerprint density at radius 3 is 2.56 bits per heavy atom. The van der Waals surface area contributed by atoms with E-state index in [0.717, 1.165) is 12.0 Å². The third kappa shape index (κ3) is 4.42. The summed E-state index contributed by atoms with van der Waals surface area (Å²) in [5.74, 6) is 0.431. The largest absolute Gasteiger partial charge is 0.455 e. The average molecular weight is 472 g/mol. The van der Waals surface area contributed by atoms with Crippen LogP contribution in [0, 0.1) is 13.8 Å². The minimum Gasteiger partial charge on any atom is -0.455 e. The van der Waals surface area contributed by atoms with Crippen LogP contribution in [0.2, 0.25) is 5.02 Å². The summed E-state index contributed by atoms with van der Waals surface area (Å²) in [7, 11) is -3.79. The average Bonchev–Trinajstić information content (AvgIpc) is 3.12. The van der Waals surface area contributed by atoms with Gasteiger partial charge in [-0.1, -0.05) is 29.8 Å². The second-order valence-electron chi connectivity index (χ2n) is 7.59. The van der Waals surface area contributed by atoms with E-state index in [4.69, 9.17) is 16.0 Å². The first kappa shape index (κ1) is 22.1. The number of hydrazone groups is 1. The Balaban J connectivity index is 1.61. The zero-order valence-corrected chi connectivity index (χ0v) is 19.2. The Hall–Kier alpha value is -3.10. The molecule has 0 fully saturated rings. The fourth-order valence-electron chi connectivity index (χ4n) is 3.71. The number of amides is 1. The van der Waals surface area contributed by atoms with Crippen molar-refractivity contribution in [3.8, 4) is 0 Å². The van der Waals surface area contributed by atoms with Gasteiger partial charge in [-0.2, -0.15) is 18.4 Å². The highest BCUT2D eigenvalue weighted by molar-refractivity contribution is 7.89. The van der Waals surface area contributed by atoms with Crippen LogP contribution in [0.3, 0.4) is 0 Å². The van der Waals surface area contributed by atoms with Gasteiger partial charge in [0.15, 0.2) is 5.76 Å². The molecule has 32 heavy (non-hydrogen) atoms. The quantitative estimate of drug-likeness (QED) is 0.521. The van der Waals surface area contributed by atoms with Gasteiger partial charge in [0, 0.05) is 28.3 Å². The number of hydrogen-bond acceptors (Lipinski definition) is 5. The first-order valence-electron chi connectivity index (χ1n) is 10.1. The number of benzene rings is 2. The van der Waals surface area contributed by atoms with Gasteiger partial charge in [0.25, 0.3) is 15.9 Å². The van der Waals surface area contributed by atoms with E-state index >= 15 is 0 Å². The molecule has 0 unspecified atom stereocenters. The van der Waals surface area contributed by atoms with Crippen molar-refractivity contribution in [1.82, 2.24) is 4.83 Å². The summed E-state index contributed by atoms with van der Waals surface area (Å²) in [5.41, 5.74) is 3.33. The van der Waals surface area contributed by atoms with E-state index in [1.54, 1.807) is 43.3 Å². The first-order valence-corrected chi connectivity index (χ1v) is 12.0. The third-order valence-electron chi connectivity index (χ3n) is 5.32. The third-order valence-corrected chi connectivity index (χ3v) is 6.78. The number of carbonyl (C=O) groups is 1. The molecule has 0 saturated carbocycles. The van der Waals surface area contributed by atoms with Crippen LogP contribution in [0.25, 0.3) is 0 Å². The number of aryl methyl sites for hydroxylation is 2. The minimum atomic E-state index is -3.79. The van der Waals surface area contributed by atoms with Crippen LogP contribution < -0.4 is 10.1 Å². The topological polar surface area (TPSA) is 101 Å². The molecule has 2 aromatic carbocycles. The van der Waals surface area contributed by atoms with Gasteiger partial charge in [0.2, 0.25) is 0 Å². The molecule has 1 amide bonds. The fraction of sp³-hybridized carbons (Fsp3) is 0.217. The monoisotopic (exact) mass is 471 g/mol. The van der Waals surface area contributed by atoms with Gasteiger partial charge < -0.3 is 9.73 Å². The van der Waals surface area contributed by atoms with Crippen LogP contribution in [-0.2, 0) is 16.4 Å². The second kappa shape index (κ2) is 8.80. The van der Waals surface area contributed by atoms with Crippen LogP contribution in [0.4, 0.5) is 5.69 Å². The van der Waals surface area contributed by atoms with Crippen molar-refractivity contribution in [2.45, 2.75) is 38.0 Å². The van der Waals surface area contributed by atoms with Gasteiger partial charge in [-0.3, -0.25) is 4.79 Å². The molecule has 0 saturated heterocycles. The van der Waals surface area contributed by atoms with Crippen molar-refractivity contribution < 1.29 is 17.6 Å². The second-order valence-corrected chi connectivity index (χ2v) is 9.68. The van der Waals surface area contributed by atoms with E-state index in [1.807, 2.05) is 6.92 Å². The summed E-state index contributed by atoms with van der Waals surface area (Å²) in [4.78, 5) is 15.3. The van der Waals surface area contributed by atoms with Crippen LogP contribution in [-0.4, -0.2) is 20.0 Å². The zero-order chi connectivity index (χ0) is 22.9. The van der Waals surface area contributed by atoms with Gasteiger partial charge in [0.05, 0.1) is 10.6 Å². The molecule has 0 bridgehead atoms. The molecule has 0 spiro atoms. The molecular weight excluding hydrogens is 450 g/mol. The van der Waals surface area contributed by atoms with Crippen molar-refractivity contribution in [3.05, 3.63) is 81.8 Å². The molecule has 4 rings (SSSR count). The number of nitrogens with zero attached hydrogens (tertiary/aromatic N) is 1. The smallest absolute Gasteiger partial charge is 0.291 e. The highest BCUT2D eigenvalue weighted by Crippen LogP contribution is 2.31. The number of sulfonamides is 1. The Labute approximate surface area is 191 Å². The summed E-state index contributed by atoms with van der Waals surface area (Å²) in [6, 6.07) is 13.2. The standard InChI is InChI=1S/C23H22ClN3O4S/c1-14-13-16(24)11-12-18(14)25-23(28)22-15(2)21-19(9-6-10-20(21)31-22)26-27-32(29,30)17-7-4-3-5-8-17/h3-5,7-8,11-13,27H,6,9-10H2,1-2H3,(H,25,28)/b26-19+. The highest BCUT2D eigenvalue weighted by Gasteiger charge is 2.28. The molecule has 166 valence electrons. The van der Waals surface area contributed by atoms with E-state index < -0.39 is 10.0 Å². The van der Waals surface area contributed by atoms with Gasteiger partial charge in [-0.05, 0) is 62.6 Å². The lowest BCUT2D eigenvalue weighted by Crippen LogP contribution is -2.22. The molecule has 1 heterocycles. The number of anilines is 1. The van der Waals surface area contributed by atoms with E-state index in [1.165, 1.54) is 12.1 Å². The number of rotatable bonds is 5. The van der Waals surface area contributed by atoms with Crippen molar-refractivity contribution in [2.75, 3.05) is 5.32 Å². The van der Waals surface area contributed by atoms with E-state index in [0.29, 0.717) is 46.2 Å². The zero-order valence-electron chi connectivity index (χ0n) is 17.6. The Kier molecular flexibility index (Phi) is 6.08. The molecule has 9 heteroatoms.